The molecule has 0 aromatic carbocycles. The van der Waals surface area contributed by atoms with Crippen LogP contribution in [-0.2, 0) is 24.3 Å². The van der Waals surface area contributed by atoms with Gasteiger partial charge in [-0.25, -0.2) is 9.97 Å². The highest BCUT2D eigenvalue weighted by Crippen LogP contribution is 2.26. The first-order valence-electron chi connectivity index (χ1n) is 8.05. The third-order valence-corrected chi connectivity index (χ3v) is 4.88. The zero-order valence-electron chi connectivity index (χ0n) is 14.5. The van der Waals surface area contributed by atoms with Crippen LogP contribution in [0.15, 0.2) is 11.4 Å². The lowest BCUT2D eigenvalue weighted by atomic mass is 10.1. The van der Waals surface area contributed by atoms with Gasteiger partial charge in [0.15, 0.2) is 0 Å². The zero-order valence-corrected chi connectivity index (χ0v) is 15.3. The van der Waals surface area contributed by atoms with E-state index in [4.69, 9.17) is 4.74 Å². The van der Waals surface area contributed by atoms with Crippen LogP contribution in [-0.4, -0.2) is 40.3 Å². The van der Waals surface area contributed by atoms with Gasteiger partial charge in [-0.2, -0.15) is 0 Å². The summed E-state index contributed by atoms with van der Waals surface area (Å²) in [6.45, 7) is 5.23. The maximum atomic E-state index is 12.3. The molecule has 8 heteroatoms. The number of rotatable bonds is 6. The highest BCUT2D eigenvalue weighted by molar-refractivity contribution is 7.09. The van der Waals surface area contributed by atoms with E-state index in [1.165, 1.54) is 18.4 Å². The average molecular weight is 360 g/mol. The van der Waals surface area contributed by atoms with Crippen molar-refractivity contribution < 1.29 is 14.3 Å². The standard InChI is InChI=1S/C17H20N4O3S/c1-4-21-8-14-13(17(21)23)5-11(16(20-14)24-3)7-18-15(22)6-12-9-25-10(2)19-12/h5,9H,4,6-8H2,1-3H3,(H,18,22). The monoisotopic (exact) mass is 360 g/mol. The maximum Gasteiger partial charge on any atom is 0.256 e. The minimum Gasteiger partial charge on any atom is -0.481 e. The van der Waals surface area contributed by atoms with Crippen LogP contribution in [0, 0.1) is 6.92 Å². The van der Waals surface area contributed by atoms with Crippen LogP contribution in [0.2, 0.25) is 0 Å². The van der Waals surface area contributed by atoms with Gasteiger partial charge in [0.25, 0.3) is 5.91 Å². The van der Waals surface area contributed by atoms with E-state index in [0.29, 0.717) is 30.1 Å². The number of pyridine rings is 1. The molecule has 0 saturated carbocycles. The fourth-order valence-electron chi connectivity index (χ4n) is 2.77. The number of thiazole rings is 1. The SMILES string of the molecule is CCN1Cc2nc(OC)c(CNC(=O)Cc3csc(C)n3)cc2C1=O. The molecule has 2 aromatic rings. The fraction of sp³-hybridized carbons (Fsp3) is 0.412. The molecule has 0 saturated heterocycles. The molecule has 1 N–H and O–H groups in total. The molecule has 1 aliphatic rings. The Morgan fingerprint density at radius 1 is 1.44 bits per heavy atom. The molecule has 25 heavy (non-hydrogen) atoms. The fourth-order valence-corrected chi connectivity index (χ4v) is 3.38. The summed E-state index contributed by atoms with van der Waals surface area (Å²) in [7, 11) is 1.53. The van der Waals surface area contributed by atoms with E-state index in [2.05, 4.69) is 15.3 Å². The Kier molecular flexibility index (Phi) is 4.98. The number of carbonyl (C=O) groups is 2. The molecule has 0 spiro atoms. The van der Waals surface area contributed by atoms with Crippen LogP contribution in [0.25, 0.3) is 0 Å². The van der Waals surface area contributed by atoms with Crippen LogP contribution >= 0.6 is 11.3 Å². The van der Waals surface area contributed by atoms with E-state index in [9.17, 15) is 9.59 Å². The van der Waals surface area contributed by atoms with Crippen LogP contribution in [0.4, 0.5) is 0 Å². The Labute approximate surface area is 150 Å². The number of nitrogens with zero attached hydrogens (tertiary/aromatic N) is 3. The number of aromatic nitrogens is 2. The minimum atomic E-state index is -0.130. The summed E-state index contributed by atoms with van der Waals surface area (Å²) in [5, 5.41) is 5.66. The lowest BCUT2D eigenvalue weighted by Crippen LogP contribution is -2.25. The molecule has 0 unspecified atom stereocenters. The second-order valence-corrected chi connectivity index (χ2v) is 6.84. The Morgan fingerprint density at radius 2 is 2.24 bits per heavy atom. The van der Waals surface area contributed by atoms with Crippen molar-refractivity contribution in [3.05, 3.63) is 39.0 Å². The third-order valence-electron chi connectivity index (χ3n) is 4.06. The van der Waals surface area contributed by atoms with Gasteiger partial charge in [-0.05, 0) is 19.9 Å². The number of methoxy groups -OCH3 is 1. The topological polar surface area (TPSA) is 84.4 Å². The number of fused-ring (bicyclic) bond motifs is 1. The quantitative estimate of drug-likeness (QED) is 0.847. The van der Waals surface area contributed by atoms with Gasteiger partial charge in [0, 0.05) is 24.0 Å². The first kappa shape index (κ1) is 17.3. The molecule has 1 aliphatic heterocycles. The van der Waals surface area contributed by atoms with Gasteiger partial charge in [-0.15, -0.1) is 11.3 Å². The Balaban J connectivity index is 1.71. The van der Waals surface area contributed by atoms with Gasteiger partial charge >= 0.3 is 0 Å². The van der Waals surface area contributed by atoms with Gasteiger partial charge in [-0.1, -0.05) is 0 Å². The van der Waals surface area contributed by atoms with E-state index in [-0.39, 0.29) is 24.8 Å². The molecule has 132 valence electrons. The van der Waals surface area contributed by atoms with Gasteiger partial charge < -0.3 is 15.0 Å². The van der Waals surface area contributed by atoms with E-state index in [1.54, 1.807) is 11.0 Å². The number of hydrogen-bond acceptors (Lipinski definition) is 6. The predicted octanol–water partition coefficient (Wildman–Crippen LogP) is 1.69. The number of aryl methyl sites for hydroxylation is 1. The van der Waals surface area contributed by atoms with Gasteiger partial charge in [0.05, 0.1) is 42.0 Å². The molecular weight excluding hydrogens is 340 g/mol. The molecule has 0 radical (unpaired) electrons. The predicted molar refractivity (Wildman–Crippen MR) is 93.6 cm³/mol. The van der Waals surface area contributed by atoms with Crippen LogP contribution in [0.3, 0.4) is 0 Å². The van der Waals surface area contributed by atoms with E-state index in [0.717, 1.165) is 16.4 Å². The summed E-state index contributed by atoms with van der Waals surface area (Å²) >= 11 is 1.52. The smallest absolute Gasteiger partial charge is 0.256 e. The molecule has 0 bridgehead atoms. The van der Waals surface area contributed by atoms with E-state index in [1.807, 2.05) is 19.2 Å². The van der Waals surface area contributed by atoms with Crippen molar-refractivity contribution in [1.29, 1.82) is 0 Å². The number of hydrogen-bond donors (Lipinski definition) is 1. The number of nitrogens with one attached hydrogen (secondary N) is 1. The molecule has 3 rings (SSSR count). The second kappa shape index (κ2) is 7.18. The zero-order chi connectivity index (χ0) is 18.0. The highest BCUT2D eigenvalue weighted by atomic mass is 32.1. The molecule has 0 fully saturated rings. The summed E-state index contributed by atoms with van der Waals surface area (Å²) in [6, 6.07) is 1.77. The van der Waals surface area contributed by atoms with Crippen molar-refractivity contribution >= 4 is 23.2 Å². The van der Waals surface area contributed by atoms with E-state index < -0.39 is 0 Å². The summed E-state index contributed by atoms with van der Waals surface area (Å²) < 4.78 is 5.33. The summed E-state index contributed by atoms with van der Waals surface area (Å²) in [5.41, 5.74) is 2.75. The van der Waals surface area contributed by atoms with Crippen molar-refractivity contribution in [2.24, 2.45) is 0 Å². The third kappa shape index (κ3) is 3.63. The lowest BCUT2D eigenvalue weighted by molar-refractivity contribution is -0.120. The molecule has 7 nitrogen and oxygen atoms in total. The molecular formula is C17H20N4O3S. The summed E-state index contributed by atoms with van der Waals surface area (Å²) in [4.78, 5) is 34.9. The molecule has 0 aliphatic carbocycles. The molecule has 0 atom stereocenters. The van der Waals surface area contributed by atoms with Gasteiger partial charge in [0.1, 0.15) is 0 Å². The van der Waals surface area contributed by atoms with Crippen molar-refractivity contribution in [3.8, 4) is 5.88 Å². The van der Waals surface area contributed by atoms with Gasteiger partial charge in [0.2, 0.25) is 11.8 Å². The lowest BCUT2D eigenvalue weighted by Gasteiger charge is -2.10. The molecule has 2 amide bonds. The summed E-state index contributed by atoms with van der Waals surface area (Å²) in [6.07, 6.45) is 0.230. The number of carbonyl (C=O) groups excluding carboxylic acids is 2. The van der Waals surface area contributed by atoms with Crippen LogP contribution in [0.1, 0.15) is 39.2 Å². The molecule has 3 heterocycles. The van der Waals surface area contributed by atoms with Crippen molar-refractivity contribution in [2.45, 2.75) is 33.4 Å². The Bertz CT molecular complexity index is 818. The Hall–Kier alpha value is -2.48. The van der Waals surface area contributed by atoms with Crippen molar-refractivity contribution in [3.63, 3.8) is 0 Å². The van der Waals surface area contributed by atoms with Crippen molar-refractivity contribution in [1.82, 2.24) is 20.2 Å². The molecule has 2 aromatic heterocycles. The minimum absolute atomic E-state index is 0.0295. The average Bonchev–Trinajstić information content (AvgIpc) is 3.15. The van der Waals surface area contributed by atoms with Crippen LogP contribution < -0.4 is 10.1 Å². The number of amides is 2. The normalized spacial score (nSPS) is 13.1. The first-order chi connectivity index (χ1) is 12.0. The van der Waals surface area contributed by atoms with Gasteiger partial charge in [-0.3, -0.25) is 9.59 Å². The second-order valence-electron chi connectivity index (χ2n) is 5.78. The summed E-state index contributed by atoms with van der Waals surface area (Å²) in [5.74, 6) is 0.279. The Morgan fingerprint density at radius 3 is 2.88 bits per heavy atom. The maximum absolute atomic E-state index is 12.3. The largest absolute Gasteiger partial charge is 0.481 e. The highest BCUT2D eigenvalue weighted by Gasteiger charge is 2.29. The number of ether oxygens (including phenoxy) is 1. The van der Waals surface area contributed by atoms with Crippen molar-refractivity contribution in [2.75, 3.05) is 13.7 Å². The first-order valence-corrected chi connectivity index (χ1v) is 8.93. The van der Waals surface area contributed by atoms with E-state index >= 15 is 0 Å². The van der Waals surface area contributed by atoms with Crippen LogP contribution in [0.5, 0.6) is 5.88 Å².